The highest BCUT2D eigenvalue weighted by atomic mass is 31.0. The van der Waals surface area contributed by atoms with Crippen molar-refractivity contribution >= 4 is 32.0 Å². The van der Waals surface area contributed by atoms with Crippen LogP contribution in [0, 0.1) is 24.2 Å². The van der Waals surface area contributed by atoms with E-state index in [9.17, 15) is 14.9 Å². The number of amides is 2. The molecule has 2 aromatic heterocycles. The second-order valence-electron chi connectivity index (χ2n) is 10.3. The summed E-state index contributed by atoms with van der Waals surface area (Å²) in [5, 5.41) is 17.8. The molecule has 5 rings (SSSR count). The molecular formula is C28H31N6O2P. The van der Waals surface area contributed by atoms with Crippen LogP contribution in [0.15, 0.2) is 42.9 Å². The van der Waals surface area contributed by atoms with Gasteiger partial charge < -0.3 is 10.2 Å². The Hall–Kier alpha value is -3.56. The molecule has 2 fully saturated rings. The van der Waals surface area contributed by atoms with E-state index in [1.165, 1.54) is 0 Å². The van der Waals surface area contributed by atoms with Crippen molar-refractivity contribution in [2.75, 3.05) is 11.4 Å². The molecule has 3 atom stereocenters. The molecule has 0 radical (unpaired) electrons. The van der Waals surface area contributed by atoms with Gasteiger partial charge in [0.2, 0.25) is 5.91 Å². The van der Waals surface area contributed by atoms with Crippen LogP contribution in [0.1, 0.15) is 77.8 Å². The average molecular weight is 515 g/mol. The lowest BCUT2D eigenvalue weighted by molar-refractivity contribution is -0.119. The predicted octanol–water partition coefficient (Wildman–Crippen LogP) is 3.62. The van der Waals surface area contributed by atoms with Crippen molar-refractivity contribution in [3.05, 3.63) is 70.8 Å². The minimum absolute atomic E-state index is 0.0450. The molecule has 1 aliphatic carbocycles. The number of aromatic nitrogens is 3. The summed E-state index contributed by atoms with van der Waals surface area (Å²) in [6, 6.07) is 10.1. The molecule has 1 saturated carbocycles. The van der Waals surface area contributed by atoms with Gasteiger partial charge in [-0.25, -0.2) is 0 Å². The Morgan fingerprint density at radius 3 is 2.73 bits per heavy atom. The fourth-order valence-electron chi connectivity index (χ4n) is 5.23. The molecule has 8 nitrogen and oxygen atoms in total. The Kier molecular flexibility index (Phi) is 6.83. The topological polar surface area (TPSA) is 104 Å². The summed E-state index contributed by atoms with van der Waals surface area (Å²) in [6.45, 7) is 6.68. The summed E-state index contributed by atoms with van der Waals surface area (Å²) in [7, 11) is 2.71. The fraction of sp³-hybridized carbons (Fsp3) is 0.393. The van der Waals surface area contributed by atoms with Gasteiger partial charge in [-0.3, -0.25) is 19.3 Å². The third-order valence-electron chi connectivity index (χ3n) is 7.62. The number of hydrogen-bond donors (Lipinski definition) is 1. The van der Waals surface area contributed by atoms with Crippen molar-refractivity contribution < 1.29 is 9.59 Å². The maximum absolute atomic E-state index is 12.9. The van der Waals surface area contributed by atoms with Gasteiger partial charge in [-0.15, -0.1) is 9.24 Å². The molecule has 0 bridgehead atoms. The highest BCUT2D eigenvalue weighted by Crippen LogP contribution is 2.39. The molecule has 3 heterocycles. The van der Waals surface area contributed by atoms with Crippen molar-refractivity contribution in [3.8, 4) is 6.07 Å². The second-order valence-corrected chi connectivity index (χ2v) is 10.9. The van der Waals surface area contributed by atoms with Crippen molar-refractivity contribution in [1.82, 2.24) is 20.1 Å². The van der Waals surface area contributed by atoms with Crippen LogP contribution >= 0.6 is 9.24 Å². The SMILES string of the molecule is Cc1ccc(C#N)c([C@H]2C[C@@H](NC(=O)c3cnn(C(C)c4ncc(N5CC[C@H](C)C5=O)cc4P)c3)C2)c1. The molecule has 2 unspecified atom stereocenters. The van der Waals surface area contributed by atoms with E-state index in [0.29, 0.717) is 17.7 Å². The molecule has 37 heavy (non-hydrogen) atoms. The Morgan fingerprint density at radius 2 is 2.05 bits per heavy atom. The van der Waals surface area contributed by atoms with E-state index in [4.69, 9.17) is 0 Å². The maximum Gasteiger partial charge on any atom is 0.254 e. The minimum Gasteiger partial charge on any atom is -0.349 e. The monoisotopic (exact) mass is 514 g/mol. The van der Waals surface area contributed by atoms with Crippen molar-refractivity contribution in [2.24, 2.45) is 5.92 Å². The summed E-state index contributed by atoms with van der Waals surface area (Å²) in [4.78, 5) is 31.7. The zero-order valence-electron chi connectivity index (χ0n) is 21.3. The van der Waals surface area contributed by atoms with Crippen LogP contribution in [-0.2, 0) is 4.79 Å². The lowest BCUT2D eigenvalue weighted by atomic mass is 9.74. The molecule has 2 amide bonds. The minimum atomic E-state index is -0.185. The number of nitriles is 1. The van der Waals surface area contributed by atoms with Crippen LogP contribution in [0.4, 0.5) is 5.69 Å². The second kappa shape index (κ2) is 10.1. The van der Waals surface area contributed by atoms with Gasteiger partial charge in [0.05, 0.1) is 47.0 Å². The smallest absolute Gasteiger partial charge is 0.254 e. The molecule has 1 aliphatic heterocycles. The number of aryl methyl sites for hydroxylation is 1. The number of nitrogens with zero attached hydrogens (tertiary/aromatic N) is 5. The van der Waals surface area contributed by atoms with Gasteiger partial charge in [0.25, 0.3) is 5.91 Å². The van der Waals surface area contributed by atoms with E-state index in [2.05, 4.69) is 36.8 Å². The number of carbonyl (C=O) groups excluding carboxylic acids is 2. The number of carbonyl (C=O) groups is 2. The van der Waals surface area contributed by atoms with Crippen LogP contribution in [0.5, 0.6) is 0 Å². The van der Waals surface area contributed by atoms with Gasteiger partial charge in [0, 0.05) is 24.7 Å². The first-order valence-electron chi connectivity index (χ1n) is 12.7. The Bertz CT molecular complexity index is 1400. The number of benzene rings is 1. The molecule has 0 spiro atoms. The summed E-state index contributed by atoms with van der Waals surface area (Å²) >= 11 is 0. The van der Waals surface area contributed by atoms with E-state index in [1.807, 2.05) is 39.0 Å². The number of anilines is 1. The van der Waals surface area contributed by atoms with Crippen LogP contribution < -0.4 is 15.5 Å². The van der Waals surface area contributed by atoms with E-state index < -0.39 is 0 Å². The van der Waals surface area contributed by atoms with Crippen molar-refractivity contribution in [3.63, 3.8) is 0 Å². The summed E-state index contributed by atoms with van der Waals surface area (Å²) in [6.07, 6.45) is 7.56. The Morgan fingerprint density at radius 1 is 1.27 bits per heavy atom. The lowest BCUT2D eigenvalue weighted by Gasteiger charge is -2.36. The molecule has 9 heteroatoms. The molecule has 2 aliphatic rings. The quantitative estimate of drug-likeness (QED) is 0.506. The van der Waals surface area contributed by atoms with Crippen molar-refractivity contribution in [2.45, 2.75) is 58.0 Å². The standard InChI is InChI=1S/C28H31N6O2P/c1-16-4-5-19(12-29)24(8-16)20-9-22(10-20)32-27(35)21-13-31-34(15-21)18(3)26-25(37)11-23(14-30-26)33-7-6-17(2)28(33)36/h4-5,8,11,13-15,17-18,20,22H,6-7,9-10,37H2,1-3H3,(H,32,35)/t17-,18?,20-,22+/m0/s1. The molecule has 3 aromatic rings. The summed E-state index contributed by atoms with van der Waals surface area (Å²) in [5.74, 6) is 0.319. The van der Waals surface area contributed by atoms with Gasteiger partial charge in [-0.2, -0.15) is 10.4 Å². The van der Waals surface area contributed by atoms with Crippen molar-refractivity contribution in [1.29, 1.82) is 5.26 Å². The lowest BCUT2D eigenvalue weighted by Crippen LogP contribution is -2.43. The third-order valence-corrected chi connectivity index (χ3v) is 8.08. The zero-order chi connectivity index (χ0) is 26.3. The molecule has 1 saturated heterocycles. The summed E-state index contributed by atoms with van der Waals surface area (Å²) < 4.78 is 1.74. The first-order valence-corrected chi connectivity index (χ1v) is 13.2. The van der Waals surface area contributed by atoms with E-state index >= 15 is 0 Å². The molecular weight excluding hydrogens is 483 g/mol. The predicted molar refractivity (Wildman–Crippen MR) is 145 cm³/mol. The van der Waals surface area contributed by atoms with Crippen LogP contribution in [0.3, 0.4) is 0 Å². The van der Waals surface area contributed by atoms with Crippen LogP contribution in [0.2, 0.25) is 0 Å². The van der Waals surface area contributed by atoms with Crippen LogP contribution in [-0.4, -0.2) is 39.2 Å². The molecule has 190 valence electrons. The maximum atomic E-state index is 12.9. The zero-order valence-corrected chi connectivity index (χ0v) is 22.5. The van der Waals surface area contributed by atoms with E-state index in [-0.39, 0.29) is 35.7 Å². The Labute approximate surface area is 219 Å². The Balaban J connectivity index is 1.21. The average Bonchev–Trinajstić information content (AvgIpc) is 3.48. The molecule has 1 N–H and O–H groups in total. The van der Waals surface area contributed by atoms with Crippen LogP contribution in [0.25, 0.3) is 0 Å². The van der Waals surface area contributed by atoms with Gasteiger partial charge in [0.1, 0.15) is 0 Å². The number of hydrogen-bond acceptors (Lipinski definition) is 5. The highest BCUT2D eigenvalue weighted by molar-refractivity contribution is 7.27. The van der Waals surface area contributed by atoms with Gasteiger partial charge in [0.15, 0.2) is 0 Å². The van der Waals surface area contributed by atoms with Gasteiger partial charge >= 0.3 is 0 Å². The largest absolute Gasteiger partial charge is 0.349 e. The number of pyridine rings is 1. The fourth-order valence-corrected chi connectivity index (χ4v) is 5.72. The summed E-state index contributed by atoms with van der Waals surface area (Å²) in [5.41, 5.74) is 5.05. The van der Waals surface area contributed by atoms with E-state index in [1.54, 1.807) is 28.2 Å². The van der Waals surface area contributed by atoms with Gasteiger partial charge in [-0.1, -0.05) is 24.6 Å². The molecule has 1 aromatic carbocycles. The highest BCUT2D eigenvalue weighted by Gasteiger charge is 2.33. The first-order chi connectivity index (χ1) is 17.7. The third kappa shape index (κ3) is 4.89. The van der Waals surface area contributed by atoms with Gasteiger partial charge in [-0.05, 0) is 62.0 Å². The number of nitrogens with one attached hydrogen (secondary N) is 1. The first kappa shape index (κ1) is 25.1. The normalized spacial score (nSPS) is 21.9. The van der Waals surface area contributed by atoms with E-state index in [0.717, 1.165) is 47.1 Å². The number of rotatable bonds is 6.